The normalized spacial score (nSPS) is 12.0. The maximum absolute atomic E-state index is 4.04. The summed E-state index contributed by atoms with van der Waals surface area (Å²) in [7, 11) is 1.89. The Morgan fingerprint density at radius 3 is 2.71 bits per heavy atom. The highest BCUT2D eigenvalue weighted by Gasteiger charge is 2.23. The predicted octanol–water partition coefficient (Wildman–Crippen LogP) is 0.928. The molecule has 0 amide bonds. The third-order valence-corrected chi connectivity index (χ3v) is 2.30. The van der Waals surface area contributed by atoms with E-state index < -0.39 is 0 Å². The fourth-order valence-corrected chi connectivity index (χ4v) is 1.66. The minimum atomic E-state index is 0.00440. The molecular formula is C9H19N5. The summed E-state index contributed by atoms with van der Waals surface area (Å²) >= 11 is 0. The van der Waals surface area contributed by atoms with Gasteiger partial charge in [-0.25, -0.2) is 4.68 Å². The van der Waals surface area contributed by atoms with E-state index in [0.29, 0.717) is 6.54 Å². The highest BCUT2D eigenvalue weighted by Crippen LogP contribution is 2.20. The molecule has 1 N–H and O–H groups in total. The van der Waals surface area contributed by atoms with Gasteiger partial charge in [0.2, 0.25) is 0 Å². The lowest BCUT2D eigenvalue weighted by Crippen LogP contribution is -2.30. The Hall–Kier alpha value is -0.970. The summed E-state index contributed by atoms with van der Waals surface area (Å²) in [4.78, 5) is 0. The van der Waals surface area contributed by atoms with E-state index in [4.69, 9.17) is 0 Å². The fraction of sp³-hybridized carbons (Fsp3) is 0.889. The lowest BCUT2D eigenvalue weighted by Gasteiger charge is -2.25. The maximum atomic E-state index is 4.04. The first-order valence-electron chi connectivity index (χ1n) is 5.04. The van der Waals surface area contributed by atoms with Crippen molar-refractivity contribution in [1.29, 1.82) is 0 Å². The molecule has 0 bridgehead atoms. The third kappa shape index (κ3) is 2.29. The van der Waals surface area contributed by atoms with Crippen LogP contribution in [0.1, 0.15) is 39.4 Å². The average Bonchev–Trinajstić information content (AvgIpc) is 2.53. The summed E-state index contributed by atoms with van der Waals surface area (Å²) in [5, 5.41) is 14.8. The van der Waals surface area contributed by atoms with E-state index in [2.05, 4.69) is 41.6 Å². The number of rotatable bonds is 5. The molecule has 1 heterocycles. The monoisotopic (exact) mass is 197 g/mol. The van der Waals surface area contributed by atoms with Crippen LogP contribution in [-0.2, 0) is 12.1 Å². The van der Waals surface area contributed by atoms with Crippen LogP contribution in [0.3, 0.4) is 0 Å². The first kappa shape index (κ1) is 11.1. The zero-order valence-electron chi connectivity index (χ0n) is 9.41. The van der Waals surface area contributed by atoms with Crippen molar-refractivity contribution in [1.82, 2.24) is 25.5 Å². The number of tetrazole rings is 1. The van der Waals surface area contributed by atoms with Gasteiger partial charge >= 0.3 is 0 Å². The summed E-state index contributed by atoms with van der Waals surface area (Å²) in [5.74, 6) is 0.894. The van der Waals surface area contributed by atoms with Gasteiger partial charge < -0.3 is 5.32 Å². The molecule has 14 heavy (non-hydrogen) atoms. The fourth-order valence-electron chi connectivity index (χ4n) is 1.66. The van der Waals surface area contributed by atoms with Crippen molar-refractivity contribution in [3.63, 3.8) is 0 Å². The van der Waals surface area contributed by atoms with E-state index in [1.807, 2.05) is 11.7 Å². The predicted molar refractivity (Wildman–Crippen MR) is 54.8 cm³/mol. The first-order chi connectivity index (χ1) is 6.61. The van der Waals surface area contributed by atoms with Gasteiger partial charge in [0.25, 0.3) is 0 Å². The van der Waals surface area contributed by atoms with Crippen LogP contribution in [0.15, 0.2) is 0 Å². The van der Waals surface area contributed by atoms with Crippen LogP contribution >= 0.6 is 0 Å². The van der Waals surface area contributed by atoms with Gasteiger partial charge in [-0.2, -0.15) is 0 Å². The zero-order valence-corrected chi connectivity index (χ0v) is 9.41. The quantitative estimate of drug-likeness (QED) is 0.763. The number of hydrogen-bond donors (Lipinski definition) is 1. The molecule has 80 valence electrons. The molecule has 0 saturated heterocycles. The van der Waals surface area contributed by atoms with E-state index in [9.17, 15) is 0 Å². The van der Waals surface area contributed by atoms with Crippen molar-refractivity contribution in [2.75, 3.05) is 7.05 Å². The second-order valence-corrected chi connectivity index (χ2v) is 4.10. The summed E-state index contributed by atoms with van der Waals surface area (Å²) in [6, 6.07) is 0. The SMILES string of the molecule is CCCC(C)(C)n1nnnc1CNC. The summed E-state index contributed by atoms with van der Waals surface area (Å²) in [6.07, 6.45) is 2.21. The Kier molecular flexibility index (Phi) is 3.57. The van der Waals surface area contributed by atoms with E-state index in [-0.39, 0.29) is 5.54 Å². The van der Waals surface area contributed by atoms with E-state index in [1.54, 1.807) is 0 Å². The molecule has 0 spiro atoms. The standard InChI is InChI=1S/C9H19N5/c1-5-6-9(2,3)14-8(7-10-4)11-12-13-14/h10H,5-7H2,1-4H3. The number of nitrogens with one attached hydrogen (secondary N) is 1. The van der Waals surface area contributed by atoms with Crippen LogP contribution in [0.25, 0.3) is 0 Å². The van der Waals surface area contributed by atoms with Gasteiger partial charge in [0.15, 0.2) is 5.82 Å². The molecule has 0 aliphatic rings. The zero-order chi connectivity index (χ0) is 10.6. The molecular weight excluding hydrogens is 178 g/mol. The molecule has 0 saturated carbocycles. The number of nitrogens with zero attached hydrogens (tertiary/aromatic N) is 4. The van der Waals surface area contributed by atoms with Crippen LogP contribution < -0.4 is 5.32 Å². The highest BCUT2D eigenvalue weighted by molar-refractivity contribution is 4.87. The summed E-state index contributed by atoms with van der Waals surface area (Å²) in [6.45, 7) is 7.20. The van der Waals surface area contributed by atoms with Gasteiger partial charge in [0.05, 0.1) is 12.1 Å². The molecule has 0 atom stereocenters. The van der Waals surface area contributed by atoms with Gasteiger partial charge in [-0.05, 0) is 37.7 Å². The van der Waals surface area contributed by atoms with Gasteiger partial charge in [0, 0.05) is 0 Å². The Balaban J connectivity index is 2.87. The highest BCUT2D eigenvalue weighted by atomic mass is 15.6. The summed E-state index contributed by atoms with van der Waals surface area (Å²) in [5.41, 5.74) is 0.00440. The van der Waals surface area contributed by atoms with Crippen LogP contribution in [-0.4, -0.2) is 27.3 Å². The molecule has 0 aliphatic heterocycles. The van der Waals surface area contributed by atoms with Crippen molar-refractivity contribution in [3.05, 3.63) is 5.82 Å². The van der Waals surface area contributed by atoms with Crippen molar-refractivity contribution >= 4 is 0 Å². The number of aromatic nitrogens is 4. The second-order valence-electron chi connectivity index (χ2n) is 4.10. The molecule has 1 rings (SSSR count). The Bertz CT molecular complexity index is 278. The van der Waals surface area contributed by atoms with Crippen LogP contribution in [0.5, 0.6) is 0 Å². The molecule has 1 aromatic heterocycles. The molecule has 1 aromatic rings. The Morgan fingerprint density at radius 2 is 2.14 bits per heavy atom. The minimum absolute atomic E-state index is 0.00440. The molecule has 0 fully saturated rings. The van der Waals surface area contributed by atoms with Crippen molar-refractivity contribution in [2.24, 2.45) is 0 Å². The third-order valence-electron chi connectivity index (χ3n) is 2.30. The average molecular weight is 197 g/mol. The van der Waals surface area contributed by atoms with Crippen molar-refractivity contribution < 1.29 is 0 Å². The lowest BCUT2D eigenvalue weighted by atomic mass is 9.99. The minimum Gasteiger partial charge on any atom is -0.313 e. The van der Waals surface area contributed by atoms with E-state index in [1.165, 1.54) is 0 Å². The van der Waals surface area contributed by atoms with Gasteiger partial charge in [-0.15, -0.1) is 5.10 Å². The number of hydrogen-bond acceptors (Lipinski definition) is 4. The van der Waals surface area contributed by atoms with Gasteiger partial charge in [0.1, 0.15) is 0 Å². The van der Waals surface area contributed by atoms with Crippen molar-refractivity contribution in [2.45, 2.75) is 45.7 Å². The molecule has 0 radical (unpaired) electrons. The largest absolute Gasteiger partial charge is 0.313 e. The molecule has 0 aromatic carbocycles. The molecule has 0 aliphatic carbocycles. The van der Waals surface area contributed by atoms with Gasteiger partial charge in [-0.3, -0.25) is 0 Å². The van der Waals surface area contributed by atoms with Crippen LogP contribution in [0.2, 0.25) is 0 Å². The first-order valence-corrected chi connectivity index (χ1v) is 5.04. The maximum Gasteiger partial charge on any atom is 0.165 e. The van der Waals surface area contributed by atoms with E-state index in [0.717, 1.165) is 18.7 Å². The smallest absolute Gasteiger partial charge is 0.165 e. The van der Waals surface area contributed by atoms with Gasteiger partial charge in [-0.1, -0.05) is 13.3 Å². The van der Waals surface area contributed by atoms with Crippen molar-refractivity contribution in [3.8, 4) is 0 Å². The summed E-state index contributed by atoms with van der Waals surface area (Å²) < 4.78 is 1.91. The molecule has 0 unspecified atom stereocenters. The Labute approximate surface area is 84.9 Å². The van der Waals surface area contributed by atoms with Crippen LogP contribution in [0, 0.1) is 0 Å². The van der Waals surface area contributed by atoms with Crippen LogP contribution in [0.4, 0.5) is 0 Å². The van der Waals surface area contributed by atoms with E-state index >= 15 is 0 Å². The second kappa shape index (κ2) is 4.50. The topological polar surface area (TPSA) is 55.6 Å². The lowest BCUT2D eigenvalue weighted by molar-refractivity contribution is 0.276. The molecule has 5 heteroatoms. The Morgan fingerprint density at radius 1 is 1.43 bits per heavy atom. The molecule has 5 nitrogen and oxygen atoms in total.